The van der Waals surface area contributed by atoms with Crippen LogP contribution in [0.1, 0.15) is 0 Å². The highest BCUT2D eigenvalue weighted by atomic mass is 16.4. The third-order valence-corrected chi connectivity index (χ3v) is 0.502. The number of carbonyl (C=O) groups excluding carboxylic acids is 1. The van der Waals surface area contributed by atoms with Crippen LogP contribution in [-0.4, -0.2) is 17.0 Å². The lowest BCUT2D eigenvalue weighted by molar-refractivity contribution is -0.131. The second-order valence-electron chi connectivity index (χ2n) is 1.41. The molecule has 0 radical (unpaired) electrons. The van der Waals surface area contributed by atoms with E-state index in [9.17, 15) is 9.59 Å². The van der Waals surface area contributed by atoms with Crippen molar-refractivity contribution in [2.75, 3.05) is 0 Å². The molecule has 0 fully saturated rings. The molecular weight excluding hydrogens is 160 g/mol. The second-order valence-corrected chi connectivity index (χ2v) is 1.41. The third-order valence-electron chi connectivity index (χ3n) is 0.502. The molecule has 0 saturated carbocycles. The standard InChI is InChI=1S/C4H3NO2.C3H5NO/c5-3-1-2-4(6)7;1-2-3(4)5/h1-2H,(H,6,7);2H,1H2,(H2,4,5). The Kier molecular flexibility index (Phi) is 9.34. The third kappa shape index (κ3) is 24.7. The topological polar surface area (TPSA) is 104 Å². The molecule has 0 bridgehead atoms. The molecule has 0 spiro atoms. The number of hydrogen-bond donors (Lipinski definition) is 2. The molecule has 0 aromatic heterocycles. The zero-order valence-corrected chi connectivity index (χ0v) is 6.23. The summed E-state index contributed by atoms with van der Waals surface area (Å²) in [5.41, 5.74) is 4.53. The number of rotatable bonds is 2. The molecule has 0 aromatic carbocycles. The molecular formula is C7H8N2O3. The van der Waals surface area contributed by atoms with Crippen molar-refractivity contribution in [3.8, 4) is 6.07 Å². The summed E-state index contributed by atoms with van der Waals surface area (Å²) in [5.74, 6) is -1.58. The Morgan fingerprint density at radius 2 is 2.00 bits per heavy atom. The summed E-state index contributed by atoms with van der Waals surface area (Å²) in [7, 11) is 0. The van der Waals surface area contributed by atoms with E-state index in [4.69, 9.17) is 10.4 Å². The summed E-state index contributed by atoms with van der Waals surface area (Å²) >= 11 is 0. The van der Waals surface area contributed by atoms with E-state index in [1.165, 1.54) is 6.07 Å². The van der Waals surface area contributed by atoms with E-state index in [1.54, 1.807) is 0 Å². The van der Waals surface area contributed by atoms with Gasteiger partial charge in [-0.3, -0.25) is 4.79 Å². The lowest BCUT2D eigenvalue weighted by Crippen LogP contribution is -2.04. The van der Waals surface area contributed by atoms with Gasteiger partial charge < -0.3 is 10.8 Å². The number of carboxylic acids is 1. The number of amides is 1. The molecule has 12 heavy (non-hydrogen) atoms. The van der Waals surface area contributed by atoms with Crippen molar-refractivity contribution in [1.82, 2.24) is 0 Å². The zero-order chi connectivity index (χ0) is 9.98. The van der Waals surface area contributed by atoms with E-state index in [1.807, 2.05) is 0 Å². The number of nitriles is 1. The van der Waals surface area contributed by atoms with Crippen molar-refractivity contribution < 1.29 is 14.7 Å². The summed E-state index contributed by atoms with van der Waals surface area (Å²) in [4.78, 5) is 19.0. The van der Waals surface area contributed by atoms with Gasteiger partial charge in [0.2, 0.25) is 5.91 Å². The average molecular weight is 168 g/mol. The molecule has 5 nitrogen and oxygen atoms in total. The largest absolute Gasteiger partial charge is 0.478 e. The lowest BCUT2D eigenvalue weighted by atomic mass is 10.5. The van der Waals surface area contributed by atoms with Crippen molar-refractivity contribution >= 4 is 11.9 Å². The Hall–Kier alpha value is -2.09. The van der Waals surface area contributed by atoms with Gasteiger partial charge in [-0.15, -0.1) is 0 Å². The second kappa shape index (κ2) is 8.91. The number of primary amides is 1. The highest BCUT2D eigenvalue weighted by Crippen LogP contribution is 1.66. The van der Waals surface area contributed by atoms with Crippen LogP contribution in [0.4, 0.5) is 0 Å². The molecule has 64 valence electrons. The fourth-order valence-electron chi connectivity index (χ4n) is 0.109. The maximum Gasteiger partial charge on any atom is 0.329 e. The monoisotopic (exact) mass is 168 g/mol. The first kappa shape index (κ1) is 12.6. The summed E-state index contributed by atoms with van der Waals surface area (Å²) in [5, 5.41) is 15.5. The predicted octanol–water partition coefficient (Wildman–Crippen LogP) is -0.192. The normalized spacial score (nSPS) is 7.58. The summed E-state index contributed by atoms with van der Waals surface area (Å²) in [6.45, 7) is 3.09. The van der Waals surface area contributed by atoms with Crippen LogP contribution in [-0.2, 0) is 9.59 Å². The highest BCUT2D eigenvalue weighted by molar-refractivity contribution is 5.85. The van der Waals surface area contributed by atoms with Crippen LogP contribution in [0, 0.1) is 11.3 Å². The molecule has 0 saturated heterocycles. The van der Waals surface area contributed by atoms with Gasteiger partial charge in [-0.25, -0.2) is 4.79 Å². The van der Waals surface area contributed by atoms with Gasteiger partial charge in [0.1, 0.15) is 0 Å². The van der Waals surface area contributed by atoms with Crippen molar-refractivity contribution in [2.45, 2.75) is 0 Å². The van der Waals surface area contributed by atoms with Crippen LogP contribution in [0.5, 0.6) is 0 Å². The highest BCUT2D eigenvalue weighted by Gasteiger charge is 1.79. The summed E-state index contributed by atoms with van der Waals surface area (Å²) in [6, 6.07) is 1.54. The Bertz CT molecular complexity index is 238. The van der Waals surface area contributed by atoms with Crippen molar-refractivity contribution in [2.24, 2.45) is 5.73 Å². The molecule has 0 aliphatic heterocycles. The van der Waals surface area contributed by atoms with E-state index in [2.05, 4.69) is 12.3 Å². The van der Waals surface area contributed by atoms with E-state index in [-0.39, 0.29) is 0 Å². The quantitative estimate of drug-likeness (QED) is 0.440. The Balaban J connectivity index is 0. The van der Waals surface area contributed by atoms with E-state index < -0.39 is 11.9 Å². The number of allylic oxidation sites excluding steroid dienone is 1. The van der Waals surface area contributed by atoms with Crippen LogP contribution in [0.2, 0.25) is 0 Å². The van der Waals surface area contributed by atoms with Gasteiger partial charge in [-0.1, -0.05) is 6.58 Å². The molecule has 0 atom stereocenters. The number of carbonyl (C=O) groups is 2. The van der Waals surface area contributed by atoms with Crippen molar-refractivity contribution in [3.05, 3.63) is 24.8 Å². The van der Waals surface area contributed by atoms with Gasteiger partial charge >= 0.3 is 5.97 Å². The maximum absolute atomic E-state index is 9.52. The van der Waals surface area contributed by atoms with E-state index in [0.717, 1.165) is 18.2 Å². The molecule has 3 N–H and O–H groups in total. The van der Waals surface area contributed by atoms with Gasteiger partial charge in [0.25, 0.3) is 0 Å². The minimum atomic E-state index is -1.10. The minimum Gasteiger partial charge on any atom is -0.478 e. The van der Waals surface area contributed by atoms with E-state index >= 15 is 0 Å². The van der Waals surface area contributed by atoms with E-state index in [0.29, 0.717) is 0 Å². The molecule has 0 aromatic rings. The fourth-order valence-corrected chi connectivity index (χ4v) is 0.109. The van der Waals surface area contributed by atoms with Gasteiger partial charge in [0.05, 0.1) is 6.07 Å². The maximum atomic E-state index is 9.52. The molecule has 0 rings (SSSR count). The molecule has 1 amide bonds. The Morgan fingerprint density at radius 3 is 2.08 bits per heavy atom. The van der Waals surface area contributed by atoms with Crippen LogP contribution < -0.4 is 5.73 Å². The molecule has 5 heteroatoms. The molecule has 0 unspecified atom stereocenters. The van der Waals surface area contributed by atoms with Crippen molar-refractivity contribution in [1.29, 1.82) is 5.26 Å². The molecule has 0 heterocycles. The number of nitrogens with zero attached hydrogens (tertiary/aromatic N) is 1. The number of hydrogen-bond acceptors (Lipinski definition) is 3. The average Bonchev–Trinajstić information content (AvgIpc) is 2.02. The van der Waals surface area contributed by atoms with Gasteiger partial charge in [-0.05, 0) is 6.08 Å². The van der Waals surface area contributed by atoms with Crippen molar-refractivity contribution in [3.63, 3.8) is 0 Å². The van der Waals surface area contributed by atoms with Crippen LogP contribution in [0.3, 0.4) is 0 Å². The molecule has 0 aliphatic rings. The summed E-state index contributed by atoms with van der Waals surface area (Å²) in [6.07, 6.45) is 2.74. The number of carboxylic acid groups (broad SMARTS) is 1. The summed E-state index contributed by atoms with van der Waals surface area (Å²) < 4.78 is 0. The van der Waals surface area contributed by atoms with Gasteiger partial charge in [-0.2, -0.15) is 5.26 Å². The van der Waals surface area contributed by atoms with Gasteiger partial charge in [0.15, 0.2) is 0 Å². The predicted molar refractivity (Wildman–Crippen MR) is 41.8 cm³/mol. The lowest BCUT2D eigenvalue weighted by Gasteiger charge is -1.67. The zero-order valence-electron chi connectivity index (χ0n) is 6.23. The number of nitrogens with two attached hydrogens (primary N) is 1. The van der Waals surface area contributed by atoms with Crippen LogP contribution in [0.25, 0.3) is 0 Å². The first-order chi connectivity index (χ1) is 5.54. The van der Waals surface area contributed by atoms with Crippen LogP contribution >= 0.6 is 0 Å². The smallest absolute Gasteiger partial charge is 0.329 e. The minimum absolute atomic E-state index is 0.481. The van der Waals surface area contributed by atoms with Crippen LogP contribution in [0.15, 0.2) is 24.8 Å². The SMILES string of the molecule is C=CC(N)=O.N#CC=CC(=O)O. The van der Waals surface area contributed by atoms with Gasteiger partial charge in [0, 0.05) is 12.2 Å². The number of aliphatic carboxylic acids is 1. The first-order valence-electron chi connectivity index (χ1n) is 2.75. The Morgan fingerprint density at radius 1 is 1.58 bits per heavy atom. The fraction of sp³-hybridized carbons (Fsp3) is 0. The first-order valence-corrected chi connectivity index (χ1v) is 2.75. The Labute approximate surface area is 69.4 Å². The molecule has 0 aliphatic carbocycles.